The van der Waals surface area contributed by atoms with E-state index in [1.165, 1.54) is 7.11 Å². The zero-order valence-corrected chi connectivity index (χ0v) is 16.7. The van der Waals surface area contributed by atoms with E-state index in [9.17, 15) is 9.59 Å². The lowest BCUT2D eigenvalue weighted by atomic mass is 10.1. The monoisotopic (exact) mass is 402 g/mol. The van der Waals surface area contributed by atoms with Crippen molar-refractivity contribution >= 4 is 23.4 Å². The lowest BCUT2D eigenvalue weighted by molar-refractivity contribution is 0.0718. The standard InChI is InChI=1S/C21H23ClN2O4/c1-27-18-9-8-15(14-19(18)28-2)20(25)23-10-5-11-24(13-12-23)21(26)16-6-3-4-7-17(16)22/h3-4,6-9,14H,5,10-13H2,1-2H3. The van der Waals surface area contributed by atoms with Gasteiger partial charge in [-0.1, -0.05) is 23.7 Å². The van der Waals surface area contributed by atoms with Gasteiger partial charge in [-0.2, -0.15) is 0 Å². The van der Waals surface area contributed by atoms with Gasteiger partial charge in [0.25, 0.3) is 11.8 Å². The van der Waals surface area contributed by atoms with Crippen LogP contribution in [0.5, 0.6) is 11.5 Å². The molecule has 0 spiro atoms. The predicted octanol–water partition coefficient (Wildman–Crippen LogP) is 3.35. The largest absolute Gasteiger partial charge is 0.493 e. The minimum atomic E-state index is -0.106. The Hall–Kier alpha value is -2.73. The summed E-state index contributed by atoms with van der Waals surface area (Å²) >= 11 is 6.16. The fourth-order valence-electron chi connectivity index (χ4n) is 3.28. The first-order valence-corrected chi connectivity index (χ1v) is 9.48. The van der Waals surface area contributed by atoms with Crippen LogP contribution in [0.15, 0.2) is 42.5 Å². The second-order valence-corrected chi connectivity index (χ2v) is 6.89. The molecule has 0 bridgehead atoms. The molecule has 0 unspecified atom stereocenters. The molecule has 0 N–H and O–H groups in total. The van der Waals surface area contributed by atoms with Gasteiger partial charge in [0.1, 0.15) is 0 Å². The highest BCUT2D eigenvalue weighted by atomic mass is 35.5. The molecule has 2 amide bonds. The third-order valence-corrected chi connectivity index (χ3v) is 5.13. The number of nitrogens with zero attached hydrogens (tertiary/aromatic N) is 2. The van der Waals surface area contributed by atoms with E-state index in [0.717, 1.165) is 0 Å². The lowest BCUT2D eigenvalue weighted by Gasteiger charge is -2.23. The number of ether oxygens (including phenoxy) is 2. The number of carbonyl (C=O) groups is 2. The van der Waals surface area contributed by atoms with Crippen molar-refractivity contribution in [2.75, 3.05) is 40.4 Å². The Morgan fingerprint density at radius 2 is 1.50 bits per heavy atom. The maximum atomic E-state index is 12.9. The number of methoxy groups -OCH3 is 2. The number of rotatable bonds is 4. The first kappa shape index (κ1) is 20.0. The van der Waals surface area contributed by atoms with E-state index in [1.807, 2.05) is 0 Å². The fourth-order valence-corrected chi connectivity index (χ4v) is 3.50. The van der Waals surface area contributed by atoms with E-state index in [2.05, 4.69) is 0 Å². The molecule has 1 aliphatic rings. The van der Waals surface area contributed by atoms with Gasteiger partial charge in [-0.15, -0.1) is 0 Å². The topological polar surface area (TPSA) is 59.1 Å². The van der Waals surface area contributed by atoms with Gasteiger partial charge in [0.05, 0.1) is 24.8 Å². The highest BCUT2D eigenvalue weighted by molar-refractivity contribution is 6.33. The van der Waals surface area contributed by atoms with E-state index in [4.69, 9.17) is 21.1 Å². The molecule has 1 fully saturated rings. The van der Waals surface area contributed by atoms with Crippen molar-refractivity contribution in [3.8, 4) is 11.5 Å². The molecule has 2 aromatic carbocycles. The van der Waals surface area contributed by atoms with Crippen LogP contribution < -0.4 is 9.47 Å². The number of halogens is 1. The quantitative estimate of drug-likeness (QED) is 0.787. The second-order valence-electron chi connectivity index (χ2n) is 6.49. The van der Waals surface area contributed by atoms with Crippen LogP contribution in [0.3, 0.4) is 0 Å². The second kappa shape index (κ2) is 8.97. The van der Waals surface area contributed by atoms with Gasteiger partial charge in [-0.3, -0.25) is 9.59 Å². The van der Waals surface area contributed by atoms with Crippen LogP contribution in [-0.4, -0.2) is 62.0 Å². The van der Waals surface area contributed by atoms with Crippen molar-refractivity contribution in [2.45, 2.75) is 6.42 Å². The van der Waals surface area contributed by atoms with Crippen molar-refractivity contribution in [2.24, 2.45) is 0 Å². The number of carbonyl (C=O) groups excluding carboxylic acids is 2. The van der Waals surface area contributed by atoms with Crippen LogP contribution in [0, 0.1) is 0 Å². The molecule has 6 nitrogen and oxygen atoms in total. The third-order valence-electron chi connectivity index (χ3n) is 4.81. The molecule has 0 atom stereocenters. The summed E-state index contributed by atoms with van der Waals surface area (Å²) in [6.45, 7) is 2.09. The van der Waals surface area contributed by atoms with Crippen LogP contribution in [0.1, 0.15) is 27.1 Å². The number of benzene rings is 2. The number of hydrogen-bond donors (Lipinski definition) is 0. The van der Waals surface area contributed by atoms with Gasteiger partial charge in [0.15, 0.2) is 11.5 Å². The van der Waals surface area contributed by atoms with Gasteiger partial charge in [-0.05, 0) is 36.8 Å². The smallest absolute Gasteiger partial charge is 0.255 e. The molecule has 0 aromatic heterocycles. The first-order chi connectivity index (χ1) is 13.5. The van der Waals surface area contributed by atoms with Crippen molar-refractivity contribution in [3.63, 3.8) is 0 Å². The summed E-state index contributed by atoms with van der Waals surface area (Å²) in [4.78, 5) is 29.2. The molecule has 0 radical (unpaired) electrons. The van der Waals surface area contributed by atoms with Crippen LogP contribution in [0.25, 0.3) is 0 Å². The Labute approximate surface area is 169 Å². The summed E-state index contributed by atoms with van der Waals surface area (Å²) in [6, 6.07) is 12.1. The summed E-state index contributed by atoms with van der Waals surface area (Å²) in [5, 5.41) is 0.440. The molecule has 1 heterocycles. The molecule has 3 rings (SSSR count). The molecular formula is C21H23ClN2O4. The third kappa shape index (κ3) is 4.22. The number of amides is 2. The van der Waals surface area contributed by atoms with Crippen molar-refractivity contribution in [1.82, 2.24) is 9.80 Å². The molecule has 0 aliphatic carbocycles. The van der Waals surface area contributed by atoms with Crippen molar-refractivity contribution in [3.05, 3.63) is 58.6 Å². The zero-order chi connectivity index (χ0) is 20.1. The molecule has 0 saturated carbocycles. The predicted molar refractivity (Wildman–Crippen MR) is 107 cm³/mol. The summed E-state index contributed by atoms with van der Waals surface area (Å²) in [6.07, 6.45) is 0.704. The van der Waals surface area contributed by atoms with E-state index < -0.39 is 0 Å². The average Bonchev–Trinajstić information content (AvgIpc) is 2.99. The van der Waals surface area contributed by atoms with E-state index in [-0.39, 0.29) is 11.8 Å². The SMILES string of the molecule is COc1ccc(C(=O)N2CCCN(C(=O)c3ccccc3Cl)CC2)cc1OC. The average molecular weight is 403 g/mol. The molecular weight excluding hydrogens is 380 g/mol. The van der Waals surface area contributed by atoms with Gasteiger partial charge < -0.3 is 19.3 Å². The Kier molecular flexibility index (Phi) is 6.41. The van der Waals surface area contributed by atoms with Gasteiger partial charge in [-0.25, -0.2) is 0 Å². The summed E-state index contributed by atoms with van der Waals surface area (Å²) in [5.74, 6) is 0.893. The van der Waals surface area contributed by atoms with Crippen molar-refractivity contribution < 1.29 is 19.1 Å². The van der Waals surface area contributed by atoms with Gasteiger partial charge in [0.2, 0.25) is 0 Å². The van der Waals surface area contributed by atoms with Crippen LogP contribution >= 0.6 is 11.6 Å². The molecule has 7 heteroatoms. The first-order valence-electron chi connectivity index (χ1n) is 9.10. The molecule has 148 valence electrons. The van der Waals surface area contributed by atoms with Crippen LogP contribution in [-0.2, 0) is 0 Å². The summed E-state index contributed by atoms with van der Waals surface area (Å²) < 4.78 is 10.5. The summed E-state index contributed by atoms with van der Waals surface area (Å²) in [5.41, 5.74) is 1.02. The molecule has 1 aliphatic heterocycles. The highest BCUT2D eigenvalue weighted by Crippen LogP contribution is 2.28. The fraction of sp³-hybridized carbons (Fsp3) is 0.333. The molecule has 28 heavy (non-hydrogen) atoms. The maximum Gasteiger partial charge on any atom is 0.255 e. The van der Waals surface area contributed by atoms with E-state index in [1.54, 1.807) is 59.4 Å². The normalized spacial score (nSPS) is 14.4. The minimum absolute atomic E-state index is 0.0898. The number of hydrogen-bond acceptors (Lipinski definition) is 4. The van der Waals surface area contributed by atoms with Gasteiger partial charge >= 0.3 is 0 Å². The Bertz CT molecular complexity index is 871. The zero-order valence-electron chi connectivity index (χ0n) is 16.0. The molecule has 1 saturated heterocycles. The highest BCUT2D eigenvalue weighted by Gasteiger charge is 2.25. The summed E-state index contributed by atoms with van der Waals surface area (Å²) in [7, 11) is 3.09. The lowest BCUT2D eigenvalue weighted by Crippen LogP contribution is -2.37. The maximum absolute atomic E-state index is 12.9. The molecule has 2 aromatic rings. The van der Waals surface area contributed by atoms with Crippen LogP contribution in [0.2, 0.25) is 5.02 Å². The van der Waals surface area contributed by atoms with Crippen LogP contribution in [0.4, 0.5) is 0 Å². The Morgan fingerprint density at radius 3 is 2.14 bits per heavy atom. The van der Waals surface area contributed by atoms with Crippen molar-refractivity contribution in [1.29, 1.82) is 0 Å². The Balaban J connectivity index is 1.70. The minimum Gasteiger partial charge on any atom is -0.493 e. The Morgan fingerprint density at radius 1 is 0.857 bits per heavy atom. The van der Waals surface area contributed by atoms with E-state index in [0.29, 0.717) is 60.2 Å². The van der Waals surface area contributed by atoms with E-state index >= 15 is 0 Å². The van der Waals surface area contributed by atoms with Gasteiger partial charge in [0, 0.05) is 31.7 Å².